The standard InChI is InChI=1S/C18H16BrNO7/c1-26-12-8-9(7-10(19)15(12)22)14-13(16(23)11-3-2-6-27-11)17(24)18(25)20(14)4-5-21/h2-3,6-8,14,21-22,24H,4-5H2,1H3. The van der Waals surface area contributed by atoms with E-state index in [9.17, 15) is 24.9 Å². The maximum absolute atomic E-state index is 12.9. The fraction of sp³-hybridized carbons (Fsp3) is 0.222. The van der Waals surface area contributed by atoms with Crippen molar-refractivity contribution < 1.29 is 34.1 Å². The number of carbonyl (C=O) groups is 2. The lowest BCUT2D eigenvalue weighted by atomic mass is 9.94. The molecule has 0 saturated carbocycles. The highest BCUT2D eigenvalue weighted by atomic mass is 79.9. The average molecular weight is 438 g/mol. The number of hydrogen-bond acceptors (Lipinski definition) is 7. The molecule has 0 fully saturated rings. The van der Waals surface area contributed by atoms with Crippen LogP contribution in [0.3, 0.4) is 0 Å². The molecule has 0 aliphatic carbocycles. The summed E-state index contributed by atoms with van der Waals surface area (Å²) in [5, 5.41) is 29.7. The summed E-state index contributed by atoms with van der Waals surface area (Å²) in [4.78, 5) is 26.5. The van der Waals surface area contributed by atoms with Gasteiger partial charge in [0.2, 0.25) is 5.78 Å². The zero-order valence-electron chi connectivity index (χ0n) is 14.2. The van der Waals surface area contributed by atoms with E-state index in [4.69, 9.17) is 9.15 Å². The van der Waals surface area contributed by atoms with E-state index in [1.54, 1.807) is 0 Å². The van der Waals surface area contributed by atoms with Crippen molar-refractivity contribution in [2.24, 2.45) is 0 Å². The van der Waals surface area contributed by atoms with Crippen LogP contribution in [0.2, 0.25) is 0 Å². The number of phenolic OH excluding ortho intramolecular Hbond substituents is 1. The molecule has 0 saturated heterocycles. The van der Waals surface area contributed by atoms with Crippen LogP contribution in [0.1, 0.15) is 22.2 Å². The van der Waals surface area contributed by atoms with Crippen molar-refractivity contribution >= 4 is 27.6 Å². The summed E-state index contributed by atoms with van der Waals surface area (Å²) >= 11 is 3.20. The molecular weight excluding hydrogens is 422 g/mol. The summed E-state index contributed by atoms with van der Waals surface area (Å²) in [5.74, 6) is -2.21. The van der Waals surface area contributed by atoms with Gasteiger partial charge in [0.25, 0.3) is 5.91 Å². The summed E-state index contributed by atoms with van der Waals surface area (Å²) < 4.78 is 10.5. The Balaban J connectivity index is 2.17. The number of hydrogen-bond donors (Lipinski definition) is 3. The van der Waals surface area contributed by atoms with E-state index in [0.717, 1.165) is 0 Å². The Morgan fingerprint density at radius 1 is 1.37 bits per heavy atom. The lowest BCUT2D eigenvalue weighted by Gasteiger charge is -2.26. The third-order valence-electron chi connectivity index (χ3n) is 4.22. The minimum Gasteiger partial charge on any atom is -0.503 e. The molecule has 0 spiro atoms. The predicted molar refractivity (Wildman–Crippen MR) is 96.6 cm³/mol. The second-order valence-corrected chi connectivity index (χ2v) is 6.60. The smallest absolute Gasteiger partial charge is 0.290 e. The van der Waals surface area contributed by atoms with Gasteiger partial charge in [-0.2, -0.15) is 0 Å². The number of rotatable bonds is 6. The average Bonchev–Trinajstić information content (AvgIpc) is 3.27. The zero-order chi connectivity index (χ0) is 19.7. The first kappa shape index (κ1) is 19.0. The van der Waals surface area contributed by atoms with Crippen LogP contribution in [0.5, 0.6) is 11.5 Å². The Hall–Kier alpha value is -2.78. The number of amides is 1. The number of aromatic hydroxyl groups is 1. The lowest BCUT2D eigenvalue weighted by Crippen LogP contribution is -2.33. The number of Topliss-reactive ketones (excluding diaryl/α,β-unsaturated/α-hetero) is 1. The summed E-state index contributed by atoms with van der Waals surface area (Å²) in [6.45, 7) is -0.475. The van der Waals surface area contributed by atoms with Crippen LogP contribution in [0.4, 0.5) is 0 Å². The Labute approximate surface area is 162 Å². The fourth-order valence-electron chi connectivity index (χ4n) is 3.02. The Morgan fingerprint density at radius 3 is 2.70 bits per heavy atom. The number of nitrogens with zero attached hydrogens (tertiary/aromatic N) is 1. The number of carbonyl (C=O) groups excluding carboxylic acids is 2. The van der Waals surface area contributed by atoms with Crippen LogP contribution < -0.4 is 4.74 Å². The fourth-order valence-corrected chi connectivity index (χ4v) is 3.48. The largest absolute Gasteiger partial charge is 0.503 e. The molecule has 1 aromatic heterocycles. The van der Waals surface area contributed by atoms with Crippen LogP contribution in [0, 0.1) is 0 Å². The van der Waals surface area contributed by atoms with Crippen LogP contribution in [-0.2, 0) is 4.79 Å². The Kier molecular flexibility index (Phi) is 5.24. The summed E-state index contributed by atoms with van der Waals surface area (Å²) in [7, 11) is 1.36. The number of ether oxygens (including phenoxy) is 1. The zero-order valence-corrected chi connectivity index (χ0v) is 15.8. The number of halogens is 1. The SMILES string of the molecule is COc1cc(C2C(C(=O)c3ccco3)=C(O)C(=O)N2CCO)cc(Br)c1O. The van der Waals surface area contributed by atoms with Crippen LogP contribution >= 0.6 is 15.9 Å². The summed E-state index contributed by atoms with van der Waals surface area (Å²) in [6, 6.07) is 4.91. The first-order valence-corrected chi connectivity index (χ1v) is 8.69. The van der Waals surface area contributed by atoms with Crippen molar-refractivity contribution in [1.29, 1.82) is 0 Å². The molecule has 8 nitrogen and oxygen atoms in total. The molecule has 2 heterocycles. The van der Waals surface area contributed by atoms with Crippen molar-refractivity contribution in [2.75, 3.05) is 20.3 Å². The van der Waals surface area contributed by atoms with Crippen molar-refractivity contribution in [3.8, 4) is 11.5 Å². The van der Waals surface area contributed by atoms with E-state index in [2.05, 4.69) is 15.9 Å². The first-order chi connectivity index (χ1) is 12.9. The molecule has 9 heteroatoms. The molecule has 1 aliphatic rings. The molecule has 27 heavy (non-hydrogen) atoms. The minimum atomic E-state index is -0.993. The van der Waals surface area contributed by atoms with Crippen molar-refractivity contribution in [3.05, 3.63) is 57.7 Å². The van der Waals surface area contributed by atoms with Gasteiger partial charge in [0.1, 0.15) is 0 Å². The second-order valence-electron chi connectivity index (χ2n) is 5.75. The van der Waals surface area contributed by atoms with Crippen molar-refractivity contribution in [1.82, 2.24) is 4.90 Å². The second kappa shape index (κ2) is 7.45. The van der Waals surface area contributed by atoms with Gasteiger partial charge in [0.05, 0.1) is 36.1 Å². The van der Waals surface area contributed by atoms with Gasteiger partial charge in [0, 0.05) is 6.54 Å². The molecule has 0 bridgehead atoms. The van der Waals surface area contributed by atoms with E-state index >= 15 is 0 Å². The molecular formula is C18H16BrNO7. The monoisotopic (exact) mass is 437 g/mol. The van der Waals surface area contributed by atoms with E-state index < -0.39 is 23.5 Å². The van der Waals surface area contributed by atoms with Gasteiger partial charge in [-0.25, -0.2) is 0 Å². The molecule has 1 amide bonds. The van der Waals surface area contributed by atoms with E-state index in [1.165, 1.54) is 42.5 Å². The molecule has 1 aromatic carbocycles. The number of methoxy groups -OCH3 is 1. The molecule has 3 N–H and O–H groups in total. The highest BCUT2D eigenvalue weighted by Crippen LogP contribution is 2.43. The van der Waals surface area contributed by atoms with Crippen LogP contribution in [0.15, 0.2) is 50.8 Å². The predicted octanol–water partition coefficient (Wildman–Crippen LogP) is 2.33. The molecule has 3 rings (SSSR count). The third-order valence-corrected chi connectivity index (χ3v) is 4.83. The number of β-amino-alcohol motifs (C(OH)–C–C–N with tert-alkyl or cyclic N) is 1. The number of aliphatic hydroxyl groups excluding tert-OH is 2. The van der Waals surface area contributed by atoms with Gasteiger partial charge >= 0.3 is 0 Å². The molecule has 1 unspecified atom stereocenters. The van der Waals surface area contributed by atoms with Crippen LogP contribution in [-0.4, -0.2) is 52.2 Å². The quantitative estimate of drug-likeness (QED) is 0.592. The van der Waals surface area contributed by atoms with E-state index in [0.29, 0.717) is 5.56 Å². The summed E-state index contributed by atoms with van der Waals surface area (Å²) in [5.41, 5.74) is 0.223. The molecule has 142 valence electrons. The van der Waals surface area contributed by atoms with Gasteiger partial charge in [-0.3, -0.25) is 9.59 Å². The van der Waals surface area contributed by atoms with Gasteiger partial charge in [-0.1, -0.05) is 0 Å². The first-order valence-electron chi connectivity index (χ1n) is 7.90. The van der Waals surface area contributed by atoms with Gasteiger partial charge in [-0.05, 0) is 45.8 Å². The highest BCUT2D eigenvalue weighted by molar-refractivity contribution is 9.10. The number of ketones is 1. The maximum Gasteiger partial charge on any atom is 0.290 e. The molecule has 1 aliphatic heterocycles. The number of benzene rings is 1. The van der Waals surface area contributed by atoms with Gasteiger partial charge < -0.3 is 29.4 Å². The normalized spacial score (nSPS) is 16.9. The van der Waals surface area contributed by atoms with Crippen molar-refractivity contribution in [3.63, 3.8) is 0 Å². The molecule has 1 atom stereocenters. The summed E-state index contributed by atoms with van der Waals surface area (Å²) in [6.07, 6.45) is 1.31. The Morgan fingerprint density at radius 2 is 2.11 bits per heavy atom. The maximum atomic E-state index is 12.9. The molecule has 2 aromatic rings. The Bertz CT molecular complexity index is 920. The van der Waals surface area contributed by atoms with Gasteiger partial charge in [-0.15, -0.1) is 0 Å². The van der Waals surface area contributed by atoms with Crippen LogP contribution in [0.25, 0.3) is 0 Å². The minimum absolute atomic E-state index is 0.0370. The number of furan rings is 1. The third kappa shape index (κ3) is 3.19. The van der Waals surface area contributed by atoms with E-state index in [-0.39, 0.29) is 40.5 Å². The number of aliphatic hydroxyl groups is 2. The van der Waals surface area contributed by atoms with E-state index in [1.807, 2.05) is 0 Å². The molecule has 0 radical (unpaired) electrons. The van der Waals surface area contributed by atoms with Gasteiger partial charge in [0.15, 0.2) is 23.0 Å². The lowest BCUT2D eigenvalue weighted by molar-refractivity contribution is -0.129. The van der Waals surface area contributed by atoms with Crippen molar-refractivity contribution in [2.45, 2.75) is 6.04 Å². The number of phenols is 1. The topological polar surface area (TPSA) is 120 Å². The highest BCUT2D eigenvalue weighted by Gasteiger charge is 2.44.